The Morgan fingerprint density at radius 3 is 2.64 bits per heavy atom. The molecule has 3 nitrogen and oxygen atoms in total. The van der Waals surface area contributed by atoms with Crippen molar-refractivity contribution in [3.05, 3.63) is 11.6 Å². The number of allylic oxidation sites excluding steroid dienone is 1. The summed E-state index contributed by atoms with van der Waals surface area (Å²) < 4.78 is 4.72. The molecule has 1 aliphatic carbocycles. The first-order valence-electron chi connectivity index (χ1n) is 4.81. The number of aliphatic hydroxyl groups is 1. The number of aliphatic hydroxyl groups excluding tert-OH is 1. The molecule has 2 atom stereocenters. The largest absolute Gasteiger partial charge is 0.469 e. The highest BCUT2D eigenvalue weighted by Crippen LogP contribution is 2.59. The first-order valence-corrected chi connectivity index (χ1v) is 4.81. The Kier molecular flexibility index (Phi) is 3.00. The van der Waals surface area contributed by atoms with Gasteiger partial charge in [0, 0.05) is 0 Å². The van der Waals surface area contributed by atoms with Crippen LogP contribution in [0.2, 0.25) is 0 Å². The maximum absolute atomic E-state index is 11.4. The quantitative estimate of drug-likeness (QED) is 0.553. The molecule has 0 saturated heterocycles. The predicted octanol–water partition coefficient (Wildman–Crippen LogP) is 1.37. The predicted molar refractivity (Wildman–Crippen MR) is 53.6 cm³/mol. The van der Waals surface area contributed by atoms with Crippen molar-refractivity contribution in [1.29, 1.82) is 0 Å². The van der Waals surface area contributed by atoms with Crippen LogP contribution in [0.15, 0.2) is 11.6 Å². The molecule has 1 fully saturated rings. The lowest BCUT2D eigenvalue weighted by Crippen LogP contribution is -2.07. The smallest absolute Gasteiger partial charge is 0.309 e. The average Bonchev–Trinajstić information content (AvgIpc) is 2.67. The SMILES string of the molecule is COC(=O)[14CH]1C(/C=C(\C)CO)C1(C)C. The summed E-state index contributed by atoms with van der Waals surface area (Å²) >= 11 is 0. The molecule has 1 rings (SSSR count). The maximum atomic E-state index is 11.4. The van der Waals surface area contributed by atoms with Crippen LogP contribution in [0.1, 0.15) is 20.8 Å². The van der Waals surface area contributed by atoms with E-state index in [0.29, 0.717) is 0 Å². The first kappa shape index (κ1) is 11.2. The fraction of sp³-hybridized carbons (Fsp3) is 0.727. The Labute approximate surface area is 84.8 Å². The number of methoxy groups -OCH3 is 1. The van der Waals surface area contributed by atoms with Crippen molar-refractivity contribution in [1.82, 2.24) is 0 Å². The van der Waals surface area contributed by atoms with Gasteiger partial charge in [0.2, 0.25) is 0 Å². The molecule has 0 amide bonds. The van der Waals surface area contributed by atoms with Gasteiger partial charge in [-0.2, -0.15) is 0 Å². The van der Waals surface area contributed by atoms with Crippen molar-refractivity contribution < 1.29 is 14.6 Å². The highest BCUT2D eigenvalue weighted by molar-refractivity contribution is 5.78. The van der Waals surface area contributed by atoms with Crippen molar-refractivity contribution in [3.63, 3.8) is 0 Å². The molecule has 0 radical (unpaired) electrons. The molecule has 0 aromatic carbocycles. The van der Waals surface area contributed by atoms with E-state index in [1.807, 2.05) is 26.8 Å². The van der Waals surface area contributed by atoms with Crippen molar-refractivity contribution in [2.24, 2.45) is 17.3 Å². The molecule has 0 spiro atoms. The van der Waals surface area contributed by atoms with Gasteiger partial charge in [-0.1, -0.05) is 25.5 Å². The molecule has 0 aromatic rings. The molecule has 2 unspecified atom stereocenters. The van der Waals surface area contributed by atoms with E-state index in [-0.39, 0.29) is 29.8 Å². The summed E-state index contributed by atoms with van der Waals surface area (Å²) in [7, 11) is 1.41. The van der Waals surface area contributed by atoms with Crippen LogP contribution in [-0.4, -0.2) is 24.8 Å². The van der Waals surface area contributed by atoms with E-state index in [4.69, 9.17) is 9.84 Å². The topological polar surface area (TPSA) is 46.5 Å². The van der Waals surface area contributed by atoms with E-state index in [0.717, 1.165) is 5.57 Å². The van der Waals surface area contributed by atoms with Gasteiger partial charge in [-0.15, -0.1) is 0 Å². The molecule has 14 heavy (non-hydrogen) atoms. The van der Waals surface area contributed by atoms with Crippen LogP contribution < -0.4 is 0 Å². The van der Waals surface area contributed by atoms with Crippen LogP contribution in [-0.2, 0) is 9.53 Å². The molecule has 1 saturated carbocycles. The normalized spacial score (nSPS) is 29.9. The second-order valence-corrected chi connectivity index (χ2v) is 4.52. The fourth-order valence-electron chi connectivity index (χ4n) is 1.93. The lowest BCUT2D eigenvalue weighted by molar-refractivity contribution is -0.143. The van der Waals surface area contributed by atoms with Crippen molar-refractivity contribution in [2.75, 3.05) is 13.7 Å². The number of rotatable bonds is 3. The summed E-state index contributed by atoms with van der Waals surface area (Å²) in [5.41, 5.74) is 0.887. The number of esters is 1. The zero-order chi connectivity index (χ0) is 10.9. The third-order valence-corrected chi connectivity index (χ3v) is 3.08. The number of ether oxygens (including phenoxy) is 1. The lowest BCUT2D eigenvalue weighted by atomic mass is 10.1. The first-order chi connectivity index (χ1) is 6.45. The minimum absolute atomic E-state index is 0.0243. The minimum atomic E-state index is -0.151. The maximum Gasteiger partial charge on any atom is 0.309 e. The summed E-state index contributed by atoms with van der Waals surface area (Å²) in [6.45, 7) is 6.00. The van der Waals surface area contributed by atoms with Gasteiger partial charge in [0.25, 0.3) is 0 Å². The van der Waals surface area contributed by atoms with Gasteiger partial charge in [-0.25, -0.2) is 0 Å². The van der Waals surface area contributed by atoms with Gasteiger partial charge < -0.3 is 9.84 Å². The van der Waals surface area contributed by atoms with Gasteiger partial charge in [-0.3, -0.25) is 4.79 Å². The van der Waals surface area contributed by atoms with Crippen molar-refractivity contribution in [2.45, 2.75) is 20.8 Å². The Hall–Kier alpha value is -0.830. The summed E-state index contributed by atoms with van der Waals surface area (Å²) in [6.07, 6.45) is 1.97. The second-order valence-electron chi connectivity index (χ2n) is 4.52. The van der Waals surface area contributed by atoms with Gasteiger partial charge in [0.05, 0.1) is 19.6 Å². The van der Waals surface area contributed by atoms with Crippen LogP contribution >= 0.6 is 0 Å². The van der Waals surface area contributed by atoms with Gasteiger partial charge in [0.15, 0.2) is 0 Å². The molecule has 3 heteroatoms. The Morgan fingerprint density at radius 2 is 2.21 bits per heavy atom. The molecule has 0 aromatic heterocycles. The van der Waals surface area contributed by atoms with Crippen LogP contribution in [0.5, 0.6) is 0 Å². The van der Waals surface area contributed by atoms with Crippen LogP contribution in [0.25, 0.3) is 0 Å². The van der Waals surface area contributed by atoms with Crippen molar-refractivity contribution >= 4 is 5.97 Å². The number of hydrogen-bond donors (Lipinski definition) is 1. The average molecular weight is 200 g/mol. The molecule has 80 valence electrons. The summed E-state index contributed by atoms with van der Waals surface area (Å²) in [4.78, 5) is 11.4. The van der Waals surface area contributed by atoms with Crippen molar-refractivity contribution in [3.8, 4) is 0 Å². The van der Waals surface area contributed by atoms with Crippen LogP contribution in [0.4, 0.5) is 0 Å². The molecule has 1 N–H and O–H groups in total. The van der Waals surface area contributed by atoms with E-state index in [1.165, 1.54) is 7.11 Å². The molecular weight excluding hydrogens is 182 g/mol. The van der Waals surface area contributed by atoms with Gasteiger partial charge in [-0.05, 0) is 18.3 Å². The van der Waals surface area contributed by atoms with E-state index < -0.39 is 0 Å². The molecule has 0 aliphatic heterocycles. The number of carbonyl (C=O) groups is 1. The second kappa shape index (κ2) is 3.73. The fourth-order valence-corrected chi connectivity index (χ4v) is 1.93. The van der Waals surface area contributed by atoms with Gasteiger partial charge in [0.1, 0.15) is 0 Å². The Bertz CT molecular complexity index is 266. The Balaban J connectivity index is 2.71. The molecule has 1 aliphatic rings. The van der Waals surface area contributed by atoms with Gasteiger partial charge >= 0.3 is 5.97 Å². The lowest BCUT2D eigenvalue weighted by Gasteiger charge is -1.99. The number of hydrogen-bond acceptors (Lipinski definition) is 3. The summed E-state index contributed by atoms with van der Waals surface area (Å²) in [6, 6.07) is 0. The number of carbonyl (C=O) groups excluding carboxylic acids is 1. The van der Waals surface area contributed by atoms with E-state index in [9.17, 15) is 4.79 Å². The van der Waals surface area contributed by atoms with E-state index in [2.05, 4.69) is 0 Å². The highest BCUT2D eigenvalue weighted by atomic mass is 16.5. The van der Waals surface area contributed by atoms with E-state index in [1.54, 1.807) is 0 Å². The molecule has 0 bridgehead atoms. The monoisotopic (exact) mass is 200 g/mol. The van der Waals surface area contributed by atoms with Crippen LogP contribution in [0.3, 0.4) is 0 Å². The zero-order valence-corrected chi connectivity index (χ0v) is 9.20. The molecule has 0 heterocycles. The zero-order valence-electron chi connectivity index (χ0n) is 9.20. The highest BCUT2D eigenvalue weighted by Gasteiger charge is 2.61. The van der Waals surface area contributed by atoms with E-state index >= 15 is 0 Å². The van der Waals surface area contributed by atoms with Crippen LogP contribution in [0, 0.1) is 17.3 Å². The third kappa shape index (κ3) is 1.82. The third-order valence-electron chi connectivity index (χ3n) is 3.08. The summed E-state index contributed by atoms with van der Waals surface area (Å²) in [5, 5.41) is 8.88. The summed E-state index contributed by atoms with van der Waals surface area (Å²) in [5.74, 6) is 0.0121. The Morgan fingerprint density at radius 1 is 1.64 bits per heavy atom. The molecular formula is C11H18O3. The standard InChI is InChI=1S/C11H18O3/c1-7(6-12)5-8-9(10(13)14-4)11(8,2)3/h5,8-9,12H,6H2,1-4H3/b7-5+/i9+2. The minimum Gasteiger partial charge on any atom is -0.469 e.